The molecule has 0 aliphatic carbocycles. The summed E-state index contributed by atoms with van der Waals surface area (Å²) in [6, 6.07) is 5.92. The third-order valence-electron chi connectivity index (χ3n) is 3.09. The number of tetrazole rings is 1. The summed E-state index contributed by atoms with van der Waals surface area (Å²) in [5.74, 6) is -1.45. The van der Waals surface area contributed by atoms with E-state index in [9.17, 15) is 9.59 Å². The number of halogens is 1. The summed E-state index contributed by atoms with van der Waals surface area (Å²) in [4.78, 5) is 24.1. The number of nitrogens with one attached hydrogen (secondary N) is 1. The van der Waals surface area contributed by atoms with E-state index in [2.05, 4.69) is 20.7 Å². The Labute approximate surface area is 137 Å². The summed E-state index contributed by atoms with van der Waals surface area (Å²) < 4.78 is 0. The Morgan fingerprint density at radius 1 is 1.30 bits per heavy atom. The zero-order valence-electron chi connectivity index (χ0n) is 12.6. The Balaban J connectivity index is 2.02. The van der Waals surface area contributed by atoms with E-state index in [0.717, 1.165) is 4.80 Å². The number of aliphatic carboxylic acids is 1. The van der Waals surface area contributed by atoms with E-state index in [4.69, 9.17) is 16.7 Å². The molecule has 0 saturated carbocycles. The van der Waals surface area contributed by atoms with Crippen LogP contribution in [0.3, 0.4) is 0 Å². The first-order chi connectivity index (χ1) is 10.9. The van der Waals surface area contributed by atoms with Crippen LogP contribution in [-0.2, 0) is 16.1 Å². The first-order valence-electron chi connectivity index (χ1n) is 6.92. The molecular formula is C14H16ClN5O3. The first-order valence-corrected chi connectivity index (χ1v) is 7.30. The number of carbonyl (C=O) groups excluding carboxylic acids is 1. The van der Waals surface area contributed by atoms with Gasteiger partial charge in [0.25, 0.3) is 0 Å². The second-order valence-corrected chi connectivity index (χ2v) is 5.71. The van der Waals surface area contributed by atoms with Gasteiger partial charge in [0.15, 0.2) is 0 Å². The number of hydrogen-bond donors (Lipinski definition) is 2. The fourth-order valence-electron chi connectivity index (χ4n) is 1.89. The van der Waals surface area contributed by atoms with E-state index in [1.807, 2.05) is 0 Å². The van der Waals surface area contributed by atoms with Crippen LogP contribution in [0.25, 0.3) is 11.4 Å². The zero-order chi connectivity index (χ0) is 17.0. The minimum Gasteiger partial charge on any atom is -0.480 e. The largest absolute Gasteiger partial charge is 0.480 e. The highest BCUT2D eigenvalue weighted by Gasteiger charge is 2.23. The van der Waals surface area contributed by atoms with E-state index in [-0.39, 0.29) is 12.5 Å². The molecule has 0 aliphatic rings. The third-order valence-corrected chi connectivity index (χ3v) is 3.34. The SMILES string of the molecule is CC(C)[C@@H](NC(=O)Cn1nnc(-c2ccc(Cl)cc2)n1)C(=O)O. The van der Waals surface area contributed by atoms with Gasteiger partial charge in [-0.2, -0.15) is 4.80 Å². The lowest BCUT2D eigenvalue weighted by Crippen LogP contribution is -2.45. The van der Waals surface area contributed by atoms with Crippen LogP contribution < -0.4 is 5.32 Å². The van der Waals surface area contributed by atoms with Crippen molar-refractivity contribution in [1.82, 2.24) is 25.5 Å². The van der Waals surface area contributed by atoms with Crippen LogP contribution in [0.15, 0.2) is 24.3 Å². The monoisotopic (exact) mass is 337 g/mol. The summed E-state index contributed by atoms with van der Waals surface area (Å²) in [5, 5.41) is 23.8. The van der Waals surface area contributed by atoms with Crippen molar-refractivity contribution >= 4 is 23.5 Å². The topological polar surface area (TPSA) is 110 Å². The van der Waals surface area contributed by atoms with Gasteiger partial charge < -0.3 is 10.4 Å². The molecule has 0 saturated heterocycles. The molecule has 0 bridgehead atoms. The number of hydrogen-bond acceptors (Lipinski definition) is 5. The minimum atomic E-state index is -1.08. The zero-order valence-corrected chi connectivity index (χ0v) is 13.4. The second kappa shape index (κ2) is 7.19. The van der Waals surface area contributed by atoms with Crippen molar-refractivity contribution in [3.8, 4) is 11.4 Å². The molecule has 1 heterocycles. The van der Waals surface area contributed by atoms with Gasteiger partial charge in [0.1, 0.15) is 12.6 Å². The van der Waals surface area contributed by atoms with E-state index < -0.39 is 17.9 Å². The van der Waals surface area contributed by atoms with E-state index >= 15 is 0 Å². The van der Waals surface area contributed by atoms with Crippen molar-refractivity contribution in [2.75, 3.05) is 0 Å². The van der Waals surface area contributed by atoms with Gasteiger partial charge in [-0.3, -0.25) is 4.79 Å². The van der Waals surface area contributed by atoms with Crippen LogP contribution in [0.5, 0.6) is 0 Å². The van der Waals surface area contributed by atoms with E-state index in [1.165, 1.54) is 0 Å². The predicted molar refractivity (Wildman–Crippen MR) is 82.7 cm³/mol. The van der Waals surface area contributed by atoms with Crippen LogP contribution in [0, 0.1) is 5.92 Å². The smallest absolute Gasteiger partial charge is 0.326 e. The molecule has 0 unspecified atom stereocenters. The first kappa shape index (κ1) is 16.9. The molecule has 0 aliphatic heterocycles. The van der Waals surface area contributed by atoms with Crippen LogP contribution in [0.4, 0.5) is 0 Å². The van der Waals surface area contributed by atoms with Gasteiger partial charge in [0.2, 0.25) is 11.7 Å². The molecule has 2 aromatic rings. The van der Waals surface area contributed by atoms with Crippen molar-refractivity contribution in [3.05, 3.63) is 29.3 Å². The Bertz CT molecular complexity index is 699. The van der Waals surface area contributed by atoms with Gasteiger partial charge in [-0.25, -0.2) is 4.79 Å². The van der Waals surface area contributed by atoms with Crippen molar-refractivity contribution in [3.63, 3.8) is 0 Å². The number of carbonyl (C=O) groups is 2. The van der Waals surface area contributed by atoms with Crippen molar-refractivity contribution in [1.29, 1.82) is 0 Å². The maximum absolute atomic E-state index is 11.9. The minimum absolute atomic E-state index is 0.211. The number of amides is 1. The van der Waals surface area contributed by atoms with Gasteiger partial charge in [0, 0.05) is 10.6 Å². The van der Waals surface area contributed by atoms with Crippen LogP contribution >= 0.6 is 11.6 Å². The number of aromatic nitrogens is 4. The maximum Gasteiger partial charge on any atom is 0.326 e. The standard InChI is InChI=1S/C14H16ClN5O3/c1-8(2)12(14(22)23)16-11(21)7-20-18-13(17-19-20)9-3-5-10(15)6-4-9/h3-6,8,12H,7H2,1-2H3,(H,16,21)(H,22,23)/t12-/m1/s1. The molecule has 2 rings (SSSR count). The summed E-state index contributed by atoms with van der Waals surface area (Å²) in [6.07, 6.45) is 0. The summed E-state index contributed by atoms with van der Waals surface area (Å²) in [6.45, 7) is 3.22. The van der Waals surface area contributed by atoms with Crippen molar-refractivity contribution < 1.29 is 14.7 Å². The summed E-state index contributed by atoms with van der Waals surface area (Å²) in [7, 11) is 0. The average molecular weight is 338 g/mol. The molecule has 23 heavy (non-hydrogen) atoms. The highest BCUT2D eigenvalue weighted by Crippen LogP contribution is 2.16. The fraction of sp³-hybridized carbons (Fsp3) is 0.357. The molecule has 0 spiro atoms. The highest BCUT2D eigenvalue weighted by atomic mass is 35.5. The second-order valence-electron chi connectivity index (χ2n) is 5.28. The van der Waals surface area contributed by atoms with Gasteiger partial charge >= 0.3 is 5.97 Å². The van der Waals surface area contributed by atoms with Gasteiger partial charge in [-0.05, 0) is 35.4 Å². The molecule has 8 nitrogen and oxygen atoms in total. The average Bonchev–Trinajstić information content (AvgIpc) is 2.93. The van der Waals surface area contributed by atoms with Crippen molar-refractivity contribution in [2.45, 2.75) is 26.4 Å². The predicted octanol–water partition coefficient (Wildman–Crippen LogP) is 1.22. The van der Waals surface area contributed by atoms with Crippen LogP contribution in [0.2, 0.25) is 5.02 Å². The highest BCUT2D eigenvalue weighted by molar-refractivity contribution is 6.30. The number of carboxylic acids is 1. The van der Waals surface area contributed by atoms with Gasteiger partial charge in [0.05, 0.1) is 0 Å². The fourth-order valence-corrected chi connectivity index (χ4v) is 2.01. The Hall–Kier alpha value is -2.48. The van der Waals surface area contributed by atoms with Crippen LogP contribution in [0.1, 0.15) is 13.8 Å². The quantitative estimate of drug-likeness (QED) is 0.820. The van der Waals surface area contributed by atoms with E-state index in [0.29, 0.717) is 16.4 Å². The van der Waals surface area contributed by atoms with E-state index in [1.54, 1.807) is 38.1 Å². The number of benzene rings is 1. The lowest BCUT2D eigenvalue weighted by Gasteiger charge is -2.17. The maximum atomic E-state index is 11.9. The van der Waals surface area contributed by atoms with Crippen molar-refractivity contribution in [2.24, 2.45) is 5.92 Å². The van der Waals surface area contributed by atoms with Crippen LogP contribution in [-0.4, -0.2) is 43.2 Å². The Morgan fingerprint density at radius 3 is 2.52 bits per heavy atom. The molecule has 0 fully saturated rings. The number of carboxylic acid groups (broad SMARTS) is 1. The molecule has 9 heteroatoms. The van der Waals surface area contributed by atoms with Gasteiger partial charge in [-0.1, -0.05) is 25.4 Å². The Kier molecular flexibility index (Phi) is 5.28. The molecule has 2 N–H and O–H groups in total. The molecule has 1 aromatic carbocycles. The molecule has 1 amide bonds. The molecule has 0 radical (unpaired) electrons. The Morgan fingerprint density at radius 2 is 1.96 bits per heavy atom. The lowest BCUT2D eigenvalue weighted by atomic mass is 10.1. The molecule has 1 aromatic heterocycles. The summed E-state index contributed by atoms with van der Waals surface area (Å²) in [5.41, 5.74) is 0.714. The molecular weight excluding hydrogens is 322 g/mol. The molecule has 122 valence electrons. The lowest BCUT2D eigenvalue weighted by molar-refractivity contribution is -0.143. The van der Waals surface area contributed by atoms with Gasteiger partial charge in [-0.15, -0.1) is 10.2 Å². The number of rotatable bonds is 6. The third kappa shape index (κ3) is 4.49. The number of nitrogens with zero attached hydrogens (tertiary/aromatic N) is 4. The summed E-state index contributed by atoms with van der Waals surface area (Å²) >= 11 is 5.81. The molecule has 1 atom stereocenters. The normalized spacial score (nSPS) is 12.2.